The zero-order valence-electron chi connectivity index (χ0n) is 17.9. The quantitative estimate of drug-likeness (QED) is 0.580. The first-order valence-corrected chi connectivity index (χ1v) is 10.7. The molecule has 8 heteroatoms. The highest BCUT2D eigenvalue weighted by molar-refractivity contribution is 5.61. The SMILES string of the molecule is CC1CNCCN1Cc1ccc(F)c(-c2ccnc(NCCc3cc(F)cc(F)c3)n2)c1. The van der Waals surface area contributed by atoms with Crippen LogP contribution in [-0.2, 0) is 13.0 Å². The van der Waals surface area contributed by atoms with Crippen molar-refractivity contribution in [1.29, 1.82) is 0 Å². The second kappa shape index (κ2) is 10.1. The highest BCUT2D eigenvalue weighted by Gasteiger charge is 2.18. The summed E-state index contributed by atoms with van der Waals surface area (Å²) in [6.45, 7) is 6.15. The predicted octanol–water partition coefficient (Wildman–Crippen LogP) is 4.01. The van der Waals surface area contributed by atoms with Crippen molar-refractivity contribution in [3.8, 4) is 11.3 Å². The van der Waals surface area contributed by atoms with Gasteiger partial charge >= 0.3 is 0 Å². The molecule has 1 aliphatic heterocycles. The molecule has 0 saturated carbocycles. The molecule has 1 fully saturated rings. The van der Waals surface area contributed by atoms with E-state index in [1.165, 1.54) is 18.2 Å². The molecule has 0 aliphatic carbocycles. The zero-order chi connectivity index (χ0) is 22.5. The number of anilines is 1. The van der Waals surface area contributed by atoms with Gasteiger partial charge in [0.25, 0.3) is 0 Å². The number of nitrogens with zero attached hydrogens (tertiary/aromatic N) is 3. The van der Waals surface area contributed by atoms with E-state index < -0.39 is 11.6 Å². The van der Waals surface area contributed by atoms with Crippen molar-refractivity contribution in [3.05, 3.63) is 77.2 Å². The van der Waals surface area contributed by atoms with E-state index in [1.807, 2.05) is 12.1 Å². The van der Waals surface area contributed by atoms with E-state index >= 15 is 0 Å². The standard InChI is InChI=1S/C24H26F3N5/c1-16-14-28-8-9-32(16)15-18-2-3-22(27)21(12-18)23-5-7-30-24(31-23)29-6-4-17-10-19(25)13-20(26)11-17/h2-3,5,7,10-13,16,28H,4,6,8-9,14-15H2,1H3,(H,29,30,31). The lowest BCUT2D eigenvalue weighted by Gasteiger charge is -2.34. The summed E-state index contributed by atoms with van der Waals surface area (Å²) < 4.78 is 41.3. The van der Waals surface area contributed by atoms with E-state index in [2.05, 4.69) is 32.4 Å². The first-order chi connectivity index (χ1) is 15.5. The summed E-state index contributed by atoms with van der Waals surface area (Å²) in [5.74, 6) is -1.23. The Bertz CT molecular complexity index is 1060. The molecular formula is C24H26F3N5. The molecule has 1 atom stereocenters. The van der Waals surface area contributed by atoms with Crippen molar-refractivity contribution in [2.24, 2.45) is 0 Å². The van der Waals surface area contributed by atoms with Gasteiger partial charge in [-0.15, -0.1) is 0 Å². The largest absolute Gasteiger partial charge is 0.354 e. The van der Waals surface area contributed by atoms with Gasteiger partial charge in [-0.25, -0.2) is 23.1 Å². The van der Waals surface area contributed by atoms with Crippen molar-refractivity contribution in [1.82, 2.24) is 20.2 Å². The first-order valence-electron chi connectivity index (χ1n) is 10.7. The summed E-state index contributed by atoms with van der Waals surface area (Å²) in [5, 5.41) is 6.42. The molecule has 2 N–H and O–H groups in total. The van der Waals surface area contributed by atoms with E-state index in [-0.39, 0.29) is 5.82 Å². The third-order valence-corrected chi connectivity index (χ3v) is 5.61. The summed E-state index contributed by atoms with van der Waals surface area (Å²) in [6.07, 6.45) is 1.96. The minimum atomic E-state index is -0.608. The maximum Gasteiger partial charge on any atom is 0.223 e. The lowest BCUT2D eigenvalue weighted by atomic mass is 10.1. The van der Waals surface area contributed by atoms with Crippen LogP contribution >= 0.6 is 0 Å². The highest BCUT2D eigenvalue weighted by Crippen LogP contribution is 2.24. The number of hydrogen-bond donors (Lipinski definition) is 2. The molecule has 1 aromatic heterocycles. The Kier molecular flexibility index (Phi) is 7.02. The fourth-order valence-electron chi connectivity index (χ4n) is 3.89. The van der Waals surface area contributed by atoms with Crippen LogP contribution in [0.15, 0.2) is 48.7 Å². The van der Waals surface area contributed by atoms with Crippen molar-refractivity contribution in [2.45, 2.75) is 25.9 Å². The van der Waals surface area contributed by atoms with Crippen molar-refractivity contribution in [2.75, 3.05) is 31.5 Å². The fraction of sp³-hybridized carbons (Fsp3) is 0.333. The number of rotatable bonds is 7. The minimum Gasteiger partial charge on any atom is -0.354 e. The Morgan fingerprint density at radius 3 is 2.66 bits per heavy atom. The maximum absolute atomic E-state index is 14.6. The maximum atomic E-state index is 14.6. The molecule has 3 aromatic rings. The highest BCUT2D eigenvalue weighted by atomic mass is 19.1. The van der Waals surface area contributed by atoms with E-state index in [0.29, 0.717) is 41.8 Å². The second-order valence-electron chi connectivity index (χ2n) is 8.06. The van der Waals surface area contributed by atoms with E-state index in [9.17, 15) is 13.2 Å². The molecular weight excluding hydrogens is 415 g/mol. The molecule has 1 unspecified atom stereocenters. The molecule has 0 spiro atoms. The van der Waals surface area contributed by atoms with Crippen LogP contribution in [0.1, 0.15) is 18.1 Å². The molecule has 2 heterocycles. The number of aromatic nitrogens is 2. The molecule has 2 aromatic carbocycles. The number of benzene rings is 2. The van der Waals surface area contributed by atoms with Crippen LogP contribution < -0.4 is 10.6 Å². The van der Waals surface area contributed by atoms with E-state index in [0.717, 1.165) is 37.8 Å². The van der Waals surface area contributed by atoms with Gasteiger partial charge in [0.2, 0.25) is 5.95 Å². The van der Waals surface area contributed by atoms with Gasteiger partial charge in [-0.3, -0.25) is 4.90 Å². The Hall–Kier alpha value is -2.97. The van der Waals surface area contributed by atoms with Crippen LogP contribution in [-0.4, -0.2) is 47.1 Å². The third-order valence-electron chi connectivity index (χ3n) is 5.61. The van der Waals surface area contributed by atoms with Crippen LogP contribution in [0.4, 0.5) is 19.1 Å². The monoisotopic (exact) mass is 441 g/mol. The topological polar surface area (TPSA) is 53.1 Å². The van der Waals surface area contributed by atoms with E-state index in [1.54, 1.807) is 12.3 Å². The lowest BCUT2D eigenvalue weighted by molar-refractivity contribution is 0.165. The number of halogens is 3. The molecule has 168 valence electrons. The average molecular weight is 442 g/mol. The van der Waals surface area contributed by atoms with Crippen LogP contribution in [0.2, 0.25) is 0 Å². The summed E-state index contributed by atoms with van der Waals surface area (Å²) in [4.78, 5) is 11.0. The summed E-state index contributed by atoms with van der Waals surface area (Å²) >= 11 is 0. The molecule has 1 saturated heterocycles. The van der Waals surface area contributed by atoms with E-state index in [4.69, 9.17) is 0 Å². The molecule has 1 aliphatic rings. The molecule has 32 heavy (non-hydrogen) atoms. The third kappa shape index (κ3) is 5.63. The number of hydrogen-bond acceptors (Lipinski definition) is 5. The molecule has 0 bridgehead atoms. The van der Waals surface area contributed by atoms with Crippen molar-refractivity contribution < 1.29 is 13.2 Å². The van der Waals surface area contributed by atoms with Gasteiger partial charge in [-0.1, -0.05) is 6.07 Å². The smallest absolute Gasteiger partial charge is 0.223 e. The molecule has 0 amide bonds. The average Bonchev–Trinajstić information content (AvgIpc) is 2.76. The normalized spacial score (nSPS) is 16.8. The summed E-state index contributed by atoms with van der Waals surface area (Å²) in [7, 11) is 0. The van der Waals surface area contributed by atoms with Gasteiger partial charge in [0.15, 0.2) is 0 Å². The van der Waals surface area contributed by atoms with Gasteiger partial charge in [0.1, 0.15) is 17.5 Å². The van der Waals surface area contributed by atoms with Gasteiger partial charge in [0.05, 0.1) is 5.69 Å². The predicted molar refractivity (Wildman–Crippen MR) is 119 cm³/mol. The molecule has 0 radical (unpaired) electrons. The zero-order valence-corrected chi connectivity index (χ0v) is 17.9. The fourth-order valence-corrected chi connectivity index (χ4v) is 3.89. The number of piperazine rings is 1. The first kappa shape index (κ1) is 22.2. The minimum absolute atomic E-state index is 0.333. The Balaban J connectivity index is 1.45. The second-order valence-corrected chi connectivity index (χ2v) is 8.06. The van der Waals surface area contributed by atoms with Crippen LogP contribution in [0.25, 0.3) is 11.3 Å². The van der Waals surface area contributed by atoms with Crippen LogP contribution in [0, 0.1) is 17.5 Å². The van der Waals surface area contributed by atoms with Crippen LogP contribution in [0.5, 0.6) is 0 Å². The Morgan fingerprint density at radius 2 is 1.88 bits per heavy atom. The summed E-state index contributed by atoms with van der Waals surface area (Å²) in [5.41, 5.74) is 2.46. The molecule has 4 rings (SSSR count). The lowest BCUT2D eigenvalue weighted by Crippen LogP contribution is -2.49. The van der Waals surface area contributed by atoms with Gasteiger partial charge in [0, 0.05) is 56.6 Å². The van der Waals surface area contributed by atoms with Gasteiger partial charge in [-0.05, 0) is 54.8 Å². The Labute approximate surface area is 185 Å². The van der Waals surface area contributed by atoms with Crippen molar-refractivity contribution >= 4 is 5.95 Å². The number of nitrogens with one attached hydrogen (secondary N) is 2. The Morgan fingerprint density at radius 1 is 1.06 bits per heavy atom. The van der Waals surface area contributed by atoms with Crippen LogP contribution in [0.3, 0.4) is 0 Å². The van der Waals surface area contributed by atoms with Crippen molar-refractivity contribution in [3.63, 3.8) is 0 Å². The summed E-state index contributed by atoms with van der Waals surface area (Å²) in [6, 6.07) is 10.6. The molecule has 5 nitrogen and oxygen atoms in total. The van der Waals surface area contributed by atoms with Gasteiger partial charge in [-0.2, -0.15) is 0 Å². The van der Waals surface area contributed by atoms with Gasteiger partial charge < -0.3 is 10.6 Å².